The van der Waals surface area contributed by atoms with Crippen LogP contribution in [-0.4, -0.2) is 20.1 Å². The van der Waals surface area contributed by atoms with Gasteiger partial charge in [-0.25, -0.2) is 0 Å². The van der Waals surface area contributed by atoms with E-state index in [0.717, 1.165) is 0 Å². The average Bonchev–Trinajstić information content (AvgIpc) is 1.20. The fourth-order valence-corrected chi connectivity index (χ4v) is 22.4. The van der Waals surface area contributed by atoms with E-state index in [2.05, 4.69) is 319 Å². The lowest BCUT2D eigenvalue weighted by molar-refractivity contribution is 1.22. The molecule has 27 rings (SSSR count). The molecule has 0 unspecified atom stereocenters. The standard InChI is InChI=1S/C98H51B3N2/c1-9-31-60-52(23-1)53-24-2-10-32-61(53)82(60)86-68-39-17-19-43-76(68)99-80-51-81-98-92-97(80)102-93-72(88(74-49-47-70(86)90(99)95(74)102)84-64-35-13-5-27-56(64)57-28-6-14-36-65(57)84)41-21-45-78(93)101(92)79-46-22-42-73-89(85-66-37-15-7-29-58(66)59-30-8-16-38-67(59)85)75-50-48-71-87(83-62-33-11-3-25-54(62)55-26-4-12-34-63(55)83)69-40-18-20-44-77(69)100(81)91(71)96(75)103(98)94(73)79/h1-51H. The van der Waals surface area contributed by atoms with Crippen molar-refractivity contribution < 1.29 is 0 Å². The summed E-state index contributed by atoms with van der Waals surface area (Å²) in [5.74, 6) is 0. The molecule has 0 fully saturated rings. The molecule has 462 valence electrons. The summed E-state index contributed by atoms with van der Waals surface area (Å²) in [6.07, 6.45) is 0. The number of fused-ring (bicyclic) bond motifs is 20. The van der Waals surface area contributed by atoms with Crippen LogP contribution in [0.2, 0.25) is 0 Å². The molecular weight excluding hydrogens is 1240 g/mol. The fraction of sp³-hybridized carbons (Fsp3) is 0. The van der Waals surface area contributed by atoms with Gasteiger partial charge in [0.2, 0.25) is 13.4 Å². The molecule has 2 nitrogen and oxygen atoms in total. The Kier molecular flexibility index (Phi) is 9.44. The maximum Gasteiger partial charge on any atom is 0.252 e. The maximum absolute atomic E-state index is 2.87. The Labute approximate surface area is 596 Å². The minimum absolute atomic E-state index is 0.129. The lowest BCUT2D eigenvalue weighted by Gasteiger charge is -2.55. The summed E-state index contributed by atoms with van der Waals surface area (Å²) in [4.78, 5) is 5.75. The molecular formula is C98H51B3N2. The quantitative estimate of drug-likeness (QED) is 0.140. The lowest BCUT2D eigenvalue weighted by atomic mass is 9.24. The van der Waals surface area contributed by atoms with Gasteiger partial charge in [0, 0.05) is 67.5 Å². The van der Waals surface area contributed by atoms with Crippen LogP contribution in [0.5, 0.6) is 0 Å². The van der Waals surface area contributed by atoms with Crippen LogP contribution in [-0.2, 0) is 0 Å². The van der Waals surface area contributed by atoms with Crippen molar-refractivity contribution in [2.75, 3.05) is 9.80 Å². The van der Waals surface area contributed by atoms with Crippen molar-refractivity contribution in [2.45, 2.75) is 0 Å². The van der Waals surface area contributed by atoms with E-state index < -0.39 is 0 Å². The summed E-state index contributed by atoms with van der Waals surface area (Å²) in [6.45, 7) is -0.390. The van der Waals surface area contributed by atoms with Gasteiger partial charge in [0.25, 0.3) is 6.71 Å². The van der Waals surface area contributed by atoms with Crippen LogP contribution < -0.4 is 59.0 Å². The third kappa shape index (κ3) is 6.01. The maximum atomic E-state index is 2.87. The van der Waals surface area contributed by atoms with Gasteiger partial charge >= 0.3 is 0 Å². The van der Waals surface area contributed by atoms with Crippen LogP contribution in [0.25, 0.3) is 89.1 Å². The number of hydrogen-bond acceptors (Lipinski definition) is 2. The van der Waals surface area contributed by atoms with Crippen LogP contribution in [0.1, 0.15) is 89.0 Å². The first-order valence-electron chi connectivity index (χ1n) is 36.6. The largest absolute Gasteiger partial charge is 0.311 e. The molecule has 0 aromatic heterocycles. The van der Waals surface area contributed by atoms with Gasteiger partial charge in [0.05, 0.1) is 0 Å². The highest BCUT2D eigenvalue weighted by atomic mass is 15.2. The van der Waals surface area contributed by atoms with Gasteiger partial charge in [-0.2, -0.15) is 0 Å². The van der Waals surface area contributed by atoms with Crippen molar-refractivity contribution in [2.24, 2.45) is 0 Å². The van der Waals surface area contributed by atoms with Crippen LogP contribution in [0, 0.1) is 0 Å². The van der Waals surface area contributed by atoms with Crippen molar-refractivity contribution in [3.8, 4) is 44.5 Å². The van der Waals surface area contributed by atoms with Gasteiger partial charge in [0.1, 0.15) is 0 Å². The Balaban J connectivity index is 0.839. The number of para-hydroxylation sites is 2. The number of benzene rings is 15. The number of nitrogens with zero attached hydrogens (tertiary/aromatic N) is 2. The topological polar surface area (TPSA) is 6.48 Å². The molecule has 0 saturated heterocycles. The minimum atomic E-state index is -0.131. The monoisotopic (exact) mass is 1290 g/mol. The lowest BCUT2D eigenvalue weighted by Crippen LogP contribution is -2.73. The first-order chi connectivity index (χ1) is 51.2. The van der Waals surface area contributed by atoms with E-state index in [0.29, 0.717) is 0 Å². The predicted molar refractivity (Wildman–Crippen MR) is 430 cm³/mol. The highest BCUT2D eigenvalue weighted by Gasteiger charge is 2.59. The molecule has 103 heavy (non-hydrogen) atoms. The van der Waals surface area contributed by atoms with Crippen LogP contribution in [0.4, 0.5) is 34.1 Å². The zero-order valence-corrected chi connectivity index (χ0v) is 55.6. The highest BCUT2D eigenvalue weighted by molar-refractivity contribution is 7.07. The molecule has 5 heteroatoms. The van der Waals surface area contributed by atoms with E-state index in [1.165, 1.54) is 261 Å². The Morgan fingerprint density at radius 3 is 0.660 bits per heavy atom. The summed E-state index contributed by atoms with van der Waals surface area (Å²) in [5.41, 5.74) is 62.1. The van der Waals surface area contributed by atoms with E-state index in [-0.39, 0.29) is 20.1 Å². The SMILES string of the molecule is c1ccc2c(c1)B1c3cc4c5c6c3N3c7c(cccc7C(=C7c8ccccc8-c8ccccc87)c7ccc(c1c73)C2=C1c2ccccc2-c2ccccc21)B6c1cccc2c1N5c1c(ccc3c1B4c1ccccc1C3=C1c3ccccc3-c3ccccc31)C2=C1c2ccccc2-c2ccccc21. The Bertz CT molecular complexity index is 6310. The van der Waals surface area contributed by atoms with Crippen molar-refractivity contribution in [3.05, 3.63) is 398 Å². The summed E-state index contributed by atoms with van der Waals surface area (Å²) >= 11 is 0. The third-order valence-electron chi connectivity index (χ3n) is 25.8. The molecule has 0 bridgehead atoms. The van der Waals surface area contributed by atoms with Crippen molar-refractivity contribution in [1.29, 1.82) is 0 Å². The van der Waals surface area contributed by atoms with E-state index in [9.17, 15) is 0 Å². The number of rotatable bonds is 0. The van der Waals surface area contributed by atoms with Gasteiger partial charge < -0.3 is 9.80 Å². The van der Waals surface area contributed by atoms with E-state index in [1.807, 2.05) is 0 Å². The second kappa shape index (κ2) is 18.3. The summed E-state index contributed by atoms with van der Waals surface area (Å²) in [5, 5.41) is 0. The molecule has 4 aliphatic carbocycles. The second-order valence-corrected chi connectivity index (χ2v) is 30.0. The van der Waals surface area contributed by atoms with Gasteiger partial charge in [-0.1, -0.05) is 320 Å². The number of hydrogen-bond donors (Lipinski definition) is 0. The molecule has 0 atom stereocenters. The molecule has 0 amide bonds. The average molecular weight is 1290 g/mol. The zero-order valence-electron chi connectivity index (χ0n) is 55.6. The molecule has 15 aromatic carbocycles. The summed E-state index contributed by atoms with van der Waals surface area (Å²) < 4.78 is 0. The van der Waals surface area contributed by atoms with Gasteiger partial charge in [-0.05, 0) is 183 Å². The van der Waals surface area contributed by atoms with Crippen LogP contribution in [0.3, 0.4) is 0 Å². The predicted octanol–water partition coefficient (Wildman–Crippen LogP) is 16.6. The molecule has 0 N–H and O–H groups in total. The summed E-state index contributed by atoms with van der Waals surface area (Å²) in [6, 6.07) is 121. The van der Waals surface area contributed by atoms with Gasteiger partial charge in [0.15, 0.2) is 0 Å². The molecule has 12 aliphatic rings. The van der Waals surface area contributed by atoms with Crippen LogP contribution in [0.15, 0.2) is 309 Å². The Morgan fingerprint density at radius 1 is 0.136 bits per heavy atom. The normalized spacial score (nSPS) is 15.3. The van der Waals surface area contributed by atoms with Gasteiger partial charge in [-0.15, -0.1) is 0 Å². The van der Waals surface area contributed by atoms with Crippen molar-refractivity contribution >= 4 is 148 Å². The van der Waals surface area contributed by atoms with Gasteiger partial charge in [-0.3, -0.25) is 0 Å². The minimum Gasteiger partial charge on any atom is -0.311 e. The molecule has 8 heterocycles. The third-order valence-corrected chi connectivity index (χ3v) is 25.8. The second-order valence-electron chi connectivity index (χ2n) is 30.0. The van der Waals surface area contributed by atoms with E-state index in [4.69, 9.17) is 0 Å². The van der Waals surface area contributed by atoms with E-state index >= 15 is 0 Å². The first kappa shape index (κ1) is 53.0. The van der Waals surface area contributed by atoms with E-state index in [1.54, 1.807) is 0 Å². The fourth-order valence-electron chi connectivity index (χ4n) is 22.4. The molecule has 15 aromatic rings. The summed E-state index contributed by atoms with van der Waals surface area (Å²) in [7, 11) is 0. The first-order valence-corrected chi connectivity index (χ1v) is 36.6. The Hall–Kier alpha value is -12.9. The highest BCUT2D eigenvalue weighted by Crippen LogP contribution is 2.63. The molecule has 8 aliphatic heterocycles. The smallest absolute Gasteiger partial charge is 0.252 e. The van der Waals surface area contributed by atoms with Crippen molar-refractivity contribution in [1.82, 2.24) is 0 Å². The zero-order chi connectivity index (χ0) is 66.1. The number of anilines is 6. The molecule has 0 radical (unpaired) electrons. The molecule has 0 saturated carbocycles. The molecule has 0 spiro atoms. The van der Waals surface area contributed by atoms with Crippen molar-refractivity contribution in [3.63, 3.8) is 0 Å². The Morgan fingerprint density at radius 2 is 0.350 bits per heavy atom. The van der Waals surface area contributed by atoms with Crippen LogP contribution >= 0.6 is 0 Å².